The van der Waals surface area contributed by atoms with E-state index in [2.05, 4.69) is 0 Å². The smallest absolute Gasteiger partial charge is 0.326 e. The molecule has 0 fully saturated rings. The van der Waals surface area contributed by atoms with E-state index < -0.39 is 30.3 Å². The predicted octanol–water partition coefficient (Wildman–Crippen LogP) is 1.74. The zero-order valence-electron chi connectivity index (χ0n) is 15.3. The van der Waals surface area contributed by atoms with Crippen molar-refractivity contribution in [2.24, 2.45) is 0 Å². The number of anilines is 2. The zero-order chi connectivity index (χ0) is 19.8. The summed E-state index contributed by atoms with van der Waals surface area (Å²) in [6, 6.07) is 14.1. The summed E-state index contributed by atoms with van der Waals surface area (Å²) in [7, 11) is 0. The lowest BCUT2D eigenvalue weighted by molar-refractivity contribution is -0.152. The topological polar surface area (TPSA) is 84.0 Å². The van der Waals surface area contributed by atoms with E-state index in [9.17, 15) is 19.2 Å². The normalized spacial score (nSPS) is 16.0. The highest BCUT2D eigenvalue weighted by atomic mass is 16.5. The van der Waals surface area contributed by atoms with Gasteiger partial charge in [-0.2, -0.15) is 0 Å². The number of para-hydroxylation sites is 2. The number of benzene rings is 2. The molecule has 1 atom stereocenters. The quantitative estimate of drug-likeness (QED) is 0.598. The first-order valence-corrected chi connectivity index (χ1v) is 9.01. The molecule has 2 heterocycles. The number of hydrogen-bond acceptors (Lipinski definition) is 5. The summed E-state index contributed by atoms with van der Waals surface area (Å²) in [5.74, 6) is -2.49. The molecule has 0 aromatic heterocycles. The van der Waals surface area contributed by atoms with Crippen LogP contribution in [0.1, 0.15) is 22.8 Å². The number of esters is 1. The van der Waals surface area contributed by atoms with Crippen molar-refractivity contribution < 1.29 is 23.9 Å². The fourth-order valence-electron chi connectivity index (χ4n) is 3.61. The lowest BCUT2D eigenvalue weighted by atomic mass is 10.1. The van der Waals surface area contributed by atoms with E-state index in [4.69, 9.17) is 4.74 Å². The Morgan fingerprint density at radius 3 is 2.50 bits per heavy atom. The van der Waals surface area contributed by atoms with Crippen molar-refractivity contribution in [1.82, 2.24) is 0 Å². The van der Waals surface area contributed by atoms with Gasteiger partial charge < -0.3 is 9.64 Å². The van der Waals surface area contributed by atoms with E-state index in [-0.39, 0.29) is 11.5 Å². The van der Waals surface area contributed by atoms with Crippen LogP contribution in [0, 0.1) is 0 Å². The Bertz CT molecular complexity index is 1000. The molecule has 0 bridgehead atoms. The Labute approximate surface area is 161 Å². The largest absolute Gasteiger partial charge is 0.451 e. The van der Waals surface area contributed by atoms with Gasteiger partial charge in [0.25, 0.3) is 17.6 Å². The molecule has 142 valence electrons. The summed E-state index contributed by atoms with van der Waals surface area (Å²) >= 11 is 0. The highest BCUT2D eigenvalue weighted by Gasteiger charge is 2.37. The van der Waals surface area contributed by atoms with Crippen molar-refractivity contribution in [1.29, 1.82) is 0 Å². The van der Waals surface area contributed by atoms with Gasteiger partial charge in [-0.25, -0.2) is 0 Å². The Morgan fingerprint density at radius 2 is 1.71 bits per heavy atom. The maximum Gasteiger partial charge on any atom is 0.326 e. The van der Waals surface area contributed by atoms with Crippen LogP contribution in [0.2, 0.25) is 0 Å². The van der Waals surface area contributed by atoms with Crippen LogP contribution in [0.4, 0.5) is 11.4 Å². The molecule has 0 N–H and O–H groups in total. The van der Waals surface area contributed by atoms with Gasteiger partial charge in [0, 0.05) is 12.2 Å². The monoisotopic (exact) mass is 378 g/mol. The van der Waals surface area contributed by atoms with E-state index in [1.54, 1.807) is 23.1 Å². The number of nitrogens with zero attached hydrogens (tertiary/aromatic N) is 2. The van der Waals surface area contributed by atoms with Gasteiger partial charge in [-0.15, -0.1) is 0 Å². The standard InChI is InChI=1S/C21H18N2O5/c1-13(20(26)22-11-10-14-6-2-4-8-16(14)22)28-18(24)12-23-17-9-5-3-7-15(17)19(25)21(23)27/h2-9,13H,10-12H2,1H3/t13-/m1/s1. The number of ether oxygens (including phenoxy) is 1. The minimum Gasteiger partial charge on any atom is -0.451 e. The van der Waals surface area contributed by atoms with E-state index in [0.717, 1.165) is 22.6 Å². The maximum absolute atomic E-state index is 12.7. The van der Waals surface area contributed by atoms with E-state index in [1.807, 2.05) is 24.3 Å². The molecule has 4 rings (SSSR count). The van der Waals surface area contributed by atoms with Gasteiger partial charge in [0.1, 0.15) is 6.54 Å². The Balaban J connectivity index is 1.43. The molecule has 28 heavy (non-hydrogen) atoms. The number of rotatable bonds is 4. The Kier molecular flexibility index (Phi) is 4.43. The second-order valence-electron chi connectivity index (χ2n) is 6.74. The van der Waals surface area contributed by atoms with Gasteiger partial charge >= 0.3 is 5.97 Å². The summed E-state index contributed by atoms with van der Waals surface area (Å²) in [5, 5.41) is 0. The van der Waals surface area contributed by atoms with Gasteiger partial charge in [0.05, 0.1) is 11.3 Å². The zero-order valence-corrected chi connectivity index (χ0v) is 15.3. The van der Waals surface area contributed by atoms with Crippen LogP contribution in [-0.4, -0.2) is 42.8 Å². The highest BCUT2D eigenvalue weighted by molar-refractivity contribution is 6.52. The number of fused-ring (bicyclic) bond motifs is 2. The third-order valence-electron chi connectivity index (χ3n) is 4.98. The lowest BCUT2D eigenvalue weighted by Crippen LogP contribution is -2.42. The molecule has 2 aliphatic rings. The maximum atomic E-state index is 12.7. The summed E-state index contributed by atoms with van der Waals surface area (Å²) in [5.41, 5.74) is 2.54. The van der Waals surface area contributed by atoms with Crippen molar-refractivity contribution in [2.45, 2.75) is 19.4 Å². The fraction of sp³-hybridized carbons (Fsp3) is 0.238. The average Bonchev–Trinajstić information content (AvgIpc) is 3.23. The molecule has 0 spiro atoms. The van der Waals surface area contributed by atoms with E-state index in [1.165, 1.54) is 13.0 Å². The summed E-state index contributed by atoms with van der Waals surface area (Å²) in [6.07, 6.45) is -0.244. The molecule has 2 aromatic carbocycles. The van der Waals surface area contributed by atoms with Crippen LogP contribution in [0.25, 0.3) is 0 Å². The molecule has 0 unspecified atom stereocenters. The fourth-order valence-corrected chi connectivity index (χ4v) is 3.61. The first kappa shape index (κ1) is 17.9. The van der Waals surface area contributed by atoms with Gasteiger partial charge in [-0.05, 0) is 37.1 Å². The lowest BCUT2D eigenvalue weighted by Gasteiger charge is -2.22. The Morgan fingerprint density at radius 1 is 1.04 bits per heavy atom. The van der Waals surface area contributed by atoms with Gasteiger partial charge in [0.15, 0.2) is 6.10 Å². The predicted molar refractivity (Wildman–Crippen MR) is 101 cm³/mol. The number of ketones is 1. The minimum absolute atomic E-state index is 0.262. The van der Waals surface area contributed by atoms with Crippen molar-refractivity contribution in [2.75, 3.05) is 22.9 Å². The first-order valence-electron chi connectivity index (χ1n) is 9.01. The second-order valence-corrected chi connectivity index (χ2v) is 6.74. The Hall–Kier alpha value is -3.48. The molecule has 0 aliphatic carbocycles. The molecule has 2 aromatic rings. The molecule has 0 saturated carbocycles. The van der Waals surface area contributed by atoms with Crippen LogP contribution in [0.3, 0.4) is 0 Å². The number of Topliss-reactive ketones (excluding diaryl/α,β-unsaturated/α-hetero) is 1. The van der Waals surface area contributed by atoms with Crippen LogP contribution in [-0.2, 0) is 25.5 Å². The third kappa shape index (κ3) is 2.94. The molecule has 7 nitrogen and oxygen atoms in total. The van der Waals surface area contributed by atoms with Gasteiger partial charge in [-0.1, -0.05) is 30.3 Å². The molecular formula is C21H18N2O5. The second kappa shape index (κ2) is 6.92. The van der Waals surface area contributed by atoms with Crippen LogP contribution in [0.15, 0.2) is 48.5 Å². The van der Waals surface area contributed by atoms with Crippen molar-refractivity contribution in [3.63, 3.8) is 0 Å². The van der Waals surface area contributed by atoms with Crippen LogP contribution < -0.4 is 9.80 Å². The van der Waals surface area contributed by atoms with Crippen molar-refractivity contribution >= 4 is 34.9 Å². The molecule has 7 heteroatoms. The summed E-state index contributed by atoms with van der Waals surface area (Å²) < 4.78 is 5.26. The van der Waals surface area contributed by atoms with Crippen molar-refractivity contribution in [3.8, 4) is 0 Å². The SMILES string of the molecule is C[C@@H](OC(=O)CN1C(=O)C(=O)c2ccccc21)C(=O)N1CCc2ccccc21. The van der Waals surface area contributed by atoms with Crippen LogP contribution in [0.5, 0.6) is 0 Å². The van der Waals surface area contributed by atoms with E-state index >= 15 is 0 Å². The number of hydrogen-bond donors (Lipinski definition) is 0. The average molecular weight is 378 g/mol. The molecule has 0 radical (unpaired) electrons. The van der Waals surface area contributed by atoms with Gasteiger partial charge in [-0.3, -0.25) is 24.1 Å². The number of amides is 2. The molecular weight excluding hydrogens is 360 g/mol. The van der Waals surface area contributed by atoms with Gasteiger partial charge in [0.2, 0.25) is 0 Å². The minimum atomic E-state index is -0.998. The highest BCUT2D eigenvalue weighted by Crippen LogP contribution is 2.29. The third-order valence-corrected chi connectivity index (χ3v) is 4.98. The molecule has 0 saturated heterocycles. The summed E-state index contributed by atoms with van der Waals surface area (Å²) in [4.78, 5) is 51.9. The van der Waals surface area contributed by atoms with Crippen LogP contribution >= 0.6 is 0 Å². The molecule has 2 aliphatic heterocycles. The first-order chi connectivity index (χ1) is 13.5. The molecule has 2 amide bonds. The number of carbonyl (C=O) groups is 4. The van der Waals surface area contributed by atoms with Crippen molar-refractivity contribution in [3.05, 3.63) is 59.7 Å². The number of carbonyl (C=O) groups excluding carboxylic acids is 4. The van der Waals surface area contributed by atoms with E-state index in [0.29, 0.717) is 12.2 Å². The summed E-state index contributed by atoms with van der Waals surface area (Å²) in [6.45, 7) is 1.62.